The van der Waals surface area contributed by atoms with E-state index in [1.165, 1.54) is 22.9 Å². The normalized spacial score (nSPS) is 10.7. The molecule has 1 aromatic heterocycles. The second-order valence-electron chi connectivity index (χ2n) is 5.25. The molecule has 118 valence electrons. The van der Waals surface area contributed by atoms with Crippen molar-refractivity contribution < 1.29 is 9.15 Å². The van der Waals surface area contributed by atoms with E-state index in [0.717, 1.165) is 17.1 Å². The maximum Gasteiger partial charge on any atom is 0.276 e. The van der Waals surface area contributed by atoms with Gasteiger partial charge < -0.3 is 9.15 Å². The summed E-state index contributed by atoms with van der Waals surface area (Å²) in [6, 6.07) is 16.0. The van der Waals surface area contributed by atoms with E-state index in [9.17, 15) is 0 Å². The van der Waals surface area contributed by atoms with Crippen molar-refractivity contribution in [3.63, 3.8) is 0 Å². The van der Waals surface area contributed by atoms with Gasteiger partial charge in [0, 0.05) is 11.3 Å². The van der Waals surface area contributed by atoms with Crippen LogP contribution in [0.1, 0.15) is 11.1 Å². The molecule has 0 amide bonds. The van der Waals surface area contributed by atoms with Crippen LogP contribution in [0.4, 0.5) is 0 Å². The standard InChI is InChI=1S/C18H18N2O2S/c1-13-6-8-15(9-7-13)17-19-20-18(22-17)23-11-10-21-16-5-3-4-14(2)12-16/h3-9,12H,10-11H2,1-2H3. The lowest BCUT2D eigenvalue weighted by molar-refractivity contribution is 0.343. The van der Waals surface area contributed by atoms with E-state index in [2.05, 4.69) is 10.2 Å². The maximum absolute atomic E-state index is 5.70. The van der Waals surface area contributed by atoms with Crippen molar-refractivity contribution in [1.29, 1.82) is 0 Å². The molecule has 0 unspecified atom stereocenters. The van der Waals surface area contributed by atoms with Crippen molar-refractivity contribution in [2.24, 2.45) is 0 Å². The molecule has 0 bridgehead atoms. The molecular weight excluding hydrogens is 308 g/mol. The molecule has 1 heterocycles. The van der Waals surface area contributed by atoms with Gasteiger partial charge in [-0.1, -0.05) is 41.6 Å². The average Bonchev–Trinajstić information content (AvgIpc) is 3.01. The van der Waals surface area contributed by atoms with Crippen LogP contribution in [0.5, 0.6) is 5.75 Å². The van der Waals surface area contributed by atoms with Crippen molar-refractivity contribution in [1.82, 2.24) is 10.2 Å². The molecule has 0 aliphatic heterocycles. The maximum atomic E-state index is 5.70. The predicted octanol–water partition coefficient (Wildman–Crippen LogP) is 4.52. The Morgan fingerprint density at radius 1 is 1.00 bits per heavy atom. The number of benzene rings is 2. The molecule has 3 rings (SSSR count). The molecule has 4 nitrogen and oxygen atoms in total. The summed E-state index contributed by atoms with van der Waals surface area (Å²) in [5.41, 5.74) is 3.33. The summed E-state index contributed by atoms with van der Waals surface area (Å²) >= 11 is 1.50. The zero-order valence-corrected chi connectivity index (χ0v) is 14.0. The molecule has 0 N–H and O–H groups in total. The first-order chi connectivity index (χ1) is 11.2. The van der Waals surface area contributed by atoms with Crippen LogP contribution < -0.4 is 4.74 Å². The summed E-state index contributed by atoms with van der Waals surface area (Å²) in [6.07, 6.45) is 0. The Hall–Kier alpha value is -2.27. The average molecular weight is 326 g/mol. The number of ether oxygens (including phenoxy) is 1. The highest BCUT2D eigenvalue weighted by molar-refractivity contribution is 7.99. The Morgan fingerprint density at radius 3 is 2.61 bits per heavy atom. The fraction of sp³-hybridized carbons (Fsp3) is 0.222. The third-order valence-corrected chi connectivity index (χ3v) is 4.05. The van der Waals surface area contributed by atoms with E-state index in [0.29, 0.717) is 17.7 Å². The fourth-order valence-corrected chi connectivity index (χ4v) is 2.65. The summed E-state index contributed by atoms with van der Waals surface area (Å²) in [5.74, 6) is 2.19. The monoisotopic (exact) mass is 326 g/mol. The zero-order chi connectivity index (χ0) is 16.1. The Morgan fingerprint density at radius 2 is 1.83 bits per heavy atom. The minimum absolute atomic E-state index is 0.548. The largest absolute Gasteiger partial charge is 0.493 e. The quantitative estimate of drug-likeness (QED) is 0.492. The molecule has 0 aliphatic carbocycles. The van der Waals surface area contributed by atoms with Crippen LogP contribution in [0, 0.1) is 13.8 Å². The fourth-order valence-electron chi connectivity index (χ4n) is 2.07. The van der Waals surface area contributed by atoms with Crippen LogP contribution in [0.25, 0.3) is 11.5 Å². The molecule has 0 radical (unpaired) electrons. The summed E-state index contributed by atoms with van der Waals surface area (Å²) < 4.78 is 11.4. The molecule has 0 atom stereocenters. The molecule has 0 saturated carbocycles. The highest BCUT2D eigenvalue weighted by Gasteiger charge is 2.08. The van der Waals surface area contributed by atoms with Gasteiger partial charge in [-0.25, -0.2) is 0 Å². The van der Waals surface area contributed by atoms with E-state index >= 15 is 0 Å². The second kappa shape index (κ2) is 7.33. The van der Waals surface area contributed by atoms with E-state index in [1.807, 2.05) is 62.4 Å². The molecule has 23 heavy (non-hydrogen) atoms. The van der Waals surface area contributed by atoms with Crippen molar-refractivity contribution in [2.75, 3.05) is 12.4 Å². The van der Waals surface area contributed by atoms with Crippen LogP contribution >= 0.6 is 11.8 Å². The van der Waals surface area contributed by atoms with Crippen LogP contribution in [-0.2, 0) is 0 Å². The van der Waals surface area contributed by atoms with Gasteiger partial charge in [0.2, 0.25) is 5.89 Å². The molecule has 5 heteroatoms. The molecule has 0 spiro atoms. The zero-order valence-electron chi connectivity index (χ0n) is 13.2. The van der Waals surface area contributed by atoms with Crippen molar-refractivity contribution >= 4 is 11.8 Å². The van der Waals surface area contributed by atoms with E-state index in [1.54, 1.807) is 0 Å². The lowest BCUT2D eigenvalue weighted by Crippen LogP contribution is -2.00. The summed E-state index contributed by atoms with van der Waals surface area (Å²) in [7, 11) is 0. The number of thioether (sulfide) groups is 1. The number of aryl methyl sites for hydroxylation is 2. The first-order valence-electron chi connectivity index (χ1n) is 7.43. The minimum atomic E-state index is 0.548. The topological polar surface area (TPSA) is 48.2 Å². The SMILES string of the molecule is Cc1ccc(-c2nnc(SCCOc3cccc(C)c3)o2)cc1. The Kier molecular flexibility index (Phi) is 4.98. The number of hydrogen-bond donors (Lipinski definition) is 0. The summed E-state index contributed by atoms with van der Waals surface area (Å²) in [5, 5.41) is 8.71. The van der Waals surface area contributed by atoms with Gasteiger partial charge in [0.1, 0.15) is 5.75 Å². The van der Waals surface area contributed by atoms with Gasteiger partial charge in [0.05, 0.1) is 6.61 Å². The third-order valence-electron chi connectivity index (χ3n) is 3.27. The number of hydrogen-bond acceptors (Lipinski definition) is 5. The lowest BCUT2D eigenvalue weighted by Gasteiger charge is -2.05. The molecule has 0 aliphatic rings. The second-order valence-corrected chi connectivity index (χ2v) is 6.30. The summed E-state index contributed by atoms with van der Waals surface area (Å²) in [4.78, 5) is 0. The van der Waals surface area contributed by atoms with Crippen molar-refractivity contribution in [3.05, 3.63) is 59.7 Å². The van der Waals surface area contributed by atoms with Gasteiger partial charge in [0.25, 0.3) is 5.22 Å². The van der Waals surface area contributed by atoms with Crippen LogP contribution in [-0.4, -0.2) is 22.6 Å². The molecule has 3 aromatic rings. The Bertz CT molecular complexity index is 769. The number of nitrogens with zero attached hydrogens (tertiary/aromatic N) is 2. The Labute approximate surface area is 139 Å². The summed E-state index contributed by atoms with van der Waals surface area (Å²) in [6.45, 7) is 4.69. The van der Waals surface area contributed by atoms with Crippen molar-refractivity contribution in [2.45, 2.75) is 19.1 Å². The third kappa shape index (κ3) is 4.36. The highest BCUT2D eigenvalue weighted by atomic mass is 32.2. The van der Waals surface area contributed by atoms with Gasteiger partial charge in [-0.3, -0.25) is 0 Å². The first kappa shape index (κ1) is 15.6. The van der Waals surface area contributed by atoms with E-state index < -0.39 is 0 Å². The number of rotatable bonds is 6. The van der Waals surface area contributed by atoms with Crippen molar-refractivity contribution in [3.8, 4) is 17.2 Å². The van der Waals surface area contributed by atoms with Gasteiger partial charge >= 0.3 is 0 Å². The lowest BCUT2D eigenvalue weighted by atomic mass is 10.1. The van der Waals surface area contributed by atoms with E-state index in [-0.39, 0.29) is 0 Å². The molecule has 2 aromatic carbocycles. The molecular formula is C18H18N2O2S. The molecule has 0 fully saturated rings. The van der Waals surface area contributed by atoms with Gasteiger partial charge in [0.15, 0.2) is 0 Å². The van der Waals surface area contributed by atoms with Gasteiger partial charge in [-0.15, -0.1) is 10.2 Å². The highest BCUT2D eigenvalue weighted by Crippen LogP contribution is 2.23. The minimum Gasteiger partial charge on any atom is -0.493 e. The first-order valence-corrected chi connectivity index (χ1v) is 8.42. The smallest absolute Gasteiger partial charge is 0.276 e. The van der Waals surface area contributed by atoms with Crippen LogP contribution in [0.2, 0.25) is 0 Å². The predicted molar refractivity (Wildman–Crippen MR) is 91.9 cm³/mol. The number of aromatic nitrogens is 2. The van der Waals surface area contributed by atoms with Gasteiger partial charge in [-0.05, 0) is 43.7 Å². The van der Waals surface area contributed by atoms with E-state index in [4.69, 9.17) is 9.15 Å². The van der Waals surface area contributed by atoms with Crippen LogP contribution in [0.15, 0.2) is 58.2 Å². The molecule has 0 saturated heterocycles. The Balaban J connectivity index is 1.50. The van der Waals surface area contributed by atoms with Gasteiger partial charge in [-0.2, -0.15) is 0 Å². The van der Waals surface area contributed by atoms with Crippen LogP contribution in [0.3, 0.4) is 0 Å².